The summed E-state index contributed by atoms with van der Waals surface area (Å²) in [6, 6.07) is 6.60. The second kappa shape index (κ2) is 6.09. The van der Waals surface area contributed by atoms with E-state index in [2.05, 4.69) is 24.5 Å². The molecule has 0 radical (unpaired) electrons. The maximum Gasteiger partial charge on any atom is 0.126 e. The van der Waals surface area contributed by atoms with E-state index in [1.165, 1.54) is 12.1 Å². The molecule has 1 aromatic carbocycles. The number of anilines is 1. The summed E-state index contributed by atoms with van der Waals surface area (Å²) in [6.07, 6.45) is 0. The van der Waals surface area contributed by atoms with Crippen molar-refractivity contribution in [3.63, 3.8) is 0 Å². The predicted octanol–water partition coefficient (Wildman–Crippen LogP) is 2.11. The van der Waals surface area contributed by atoms with Crippen LogP contribution in [0.5, 0.6) is 0 Å². The fraction of sp³-hybridized carbons (Fsp3) is 0.417. The molecule has 0 aliphatic heterocycles. The van der Waals surface area contributed by atoms with Crippen molar-refractivity contribution in [1.82, 2.24) is 5.32 Å². The van der Waals surface area contributed by atoms with Crippen LogP contribution in [0, 0.1) is 17.1 Å². The van der Waals surface area contributed by atoms with Gasteiger partial charge in [0.1, 0.15) is 5.82 Å². The summed E-state index contributed by atoms with van der Waals surface area (Å²) >= 11 is 0. The van der Waals surface area contributed by atoms with E-state index in [-0.39, 0.29) is 0 Å². The average molecular weight is 221 g/mol. The molecule has 0 amide bonds. The van der Waals surface area contributed by atoms with Crippen molar-refractivity contribution >= 4 is 5.69 Å². The molecule has 0 atom stereocenters. The lowest BCUT2D eigenvalue weighted by atomic mass is 10.2. The van der Waals surface area contributed by atoms with Crippen molar-refractivity contribution in [2.45, 2.75) is 19.9 Å². The summed E-state index contributed by atoms with van der Waals surface area (Å²) in [5.41, 5.74) is 0.974. The molecule has 0 bridgehead atoms. The van der Waals surface area contributed by atoms with Gasteiger partial charge in [-0.2, -0.15) is 5.26 Å². The van der Waals surface area contributed by atoms with Gasteiger partial charge in [0, 0.05) is 24.8 Å². The lowest BCUT2D eigenvalue weighted by Gasteiger charge is -2.10. The molecule has 1 aromatic rings. The molecule has 2 N–H and O–H groups in total. The second-order valence-corrected chi connectivity index (χ2v) is 3.88. The van der Waals surface area contributed by atoms with E-state index in [1.54, 1.807) is 6.07 Å². The zero-order chi connectivity index (χ0) is 12.0. The van der Waals surface area contributed by atoms with Gasteiger partial charge in [-0.15, -0.1) is 0 Å². The van der Waals surface area contributed by atoms with Crippen molar-refractivity contribution in [1.29, 1.82) is 5.26 Å². The van der Waals surface area contributed by atoms with Crippen molar-refractivity contribution in [2.75, 3.05) is 18.4 Å². The standard InChI is InChI=1S/C12H16FN3/c1-9(2)15-3-4-16-12-6-10(8-14)5-11(13)7-12/h5-7,9,15-16H,3-4H2,1-2H3. The van der Waals surface area contributed by atoms with Gasteiger partial charge in [-0.1, -0.05) is 13.8 Å². The highest BCUT2D eigenvalue weighted by Crippen LogP contribution is 2.12. The summed E-state index contributed by atoms with van der Waals surface area (Å²) in [7, 11) is 0. The first kappa shape index (κ1) is 12.5. The molecule has 0 aromatic heterocycles. The third-order valence-corrected chi connectivity index (χ3v) is 2.03. The van der Waals surface area contributed by atoms with Gasteiger partial charge >= 0.3 is 0 Å². The van der Waals surface area contributed by atoms with E-state index in [0.29, 0.717) is 23.8 Å². The molecule has 0 heterocycles. The van der Waals surface area contributed by atoms with Crippen molar-refractivity contribution < 1.29 is 4.39 Å². The molecule has 1 rings (SSSR count). The Kier molecular flexibility index (Phi) is 4.74. The Morgan fingerprint density at radius 1 is 1.31 bits per heavy atom. The fourth-order valence-electron chi connectivity index (χ4n) is 1.32. The van der Waals surface area contributed by atoms with E-state index in [4.69, 9.17) is 5.26 Å². The van der Waals surface area contributed by atoms with Crippen LogP contribution in [0.4, 0.5) is 10.1 Å². The summed E-state index contributed by atoms with van der Waals surface area (Å²) in [5.74, 6) is -0.390. The topological polar surface area (TPSA) is 47.8 Å². The molecule has 0 aliphatic carbocycles. The first-order valence-electron chi connectivity index (χ1n) is 5.30. The van der Waals surface area contributed by atoms with Gasteiger partial charge in [-0.05, 0) is 18.2 Å². The lowest BCUT2D eigenvalue weighted by Crippen LogP contribution is -2.28. The molecular formula is C12H16FN3. The number of nitrogens with zero attached hydrogens (tertiary/aromatic N) is 1. The zero-order valence-electron chi connectivity index (χ0n) is 9.55. The monoisotopic (exact) mass is 221 g/mol. The summed E-state index contributed by atoms with van der Waals surface area (Å²) in [6.45, 7) is 5.63. The molecule has 16 heavy (non-hydrogen) atoms. The van der Waals surface area contributed by atoms with Gasteiger partial charge in [0.05, 0.1) is 11.6 Å². The number of benzene rings is 1. The zero-order valence-corrected chi connectivity index (χ0v) is 9.55. The van der Waals surface area contributed by atoms with E-state index in [1.807, 2.05) is 6.07 Å². The number of hydrogen-bond donors (Lipinski definition) is 2. The SMILES string of the molecule is CC(C)NCCNc1cc(F)cc(C#N)c1. The van der Waals surface area contributed by atoms with Gasteiger partial charge in [-0.25, -0.2) is 4.39 Å². The van der Waals surface area contributed by atoms with E-state index >= 15 is 0 Å². The highest BCUT2D eigenvalue weighted by atomic mass is 19.1. The van der Waals surface area contributed by atoms with Gasteiger partial charge < -0.3 is 10.6 Å². The predicted molar refractivity (Wildman–Crippen MR) is 62.7 cm³/mol. The molecule has 0 unspecified atom stereocenters. The summed E-state index contributed by atoms with van der Waals surface area (Å²) < 4.78 is 13.0. The number of hydrogen-bond acceptors (Lipinski definition) is 3. The average Bonchev–Trinajstić information content (AvgIpc) is 2.23. The first-order valence-corrected chi connectivity index (χ1v) is 5.30. The maximum atomic E-state index is 13.0. The van der Waals surface area contributed by atoms with Crippen LogP contribution in [-0.4, -0.2) is 19.1 Å². The Bertz CT molecular complexity index is 382. The Morgan fingerprint density at radius 2 is 2.06 bits per heavy atom. The van der Waals surface area contributed by atoms with E-state index < -0.39 is 5.82 Å². The fourth-order valence-corrected chi connectivity index (χ4v) is 1.32. The van der Waals surface area contributed by atoms with Crippen molar-refractivity contribution in [2.24, 2.45) is 0 Å². The van der Waals surface area contributed by atoms with Crippen LogP contribution in [-0.2, 0) is 0 Å². The highest BCUT2D eigenvalue weighted by molar-refractivity contribution is 5.49. The number of nitriles is 1. The maximum absolute atomic E-state index is 13.0. The molecule has 0 aliphatic rings. The second-order valence-electron chi connectivity index (χ2n) is 3.88. The Labute approximate surface area is 95.3 Å². The minimum Gasteiger partial charge on any atom is -0.384 e. The molecule has 86 valence electrons. The van der Waals surface area contributed by atoms with Crippen LogP contribution in [0.1, 0.15) is 19.4 Å². The van der Waals surface area contributed by atoms with Crippen LogP contribution in [0.3, 0.4) is 0 Å². The molecule has 3 nitrogen and oxygen atoms in total. The quantitative estimate of drug-likeness (QED) is 0.749. The van der Waals surface area contributed by atoms with Crippen LogP contribution >= 0.6 is 0 Å². The third-order valence-electron chi connectivity index (χ3n) is 2.03. The first-order chi connectivity index (χ1) is 7.61. The van der Waals surface area contributed by atoms with Crippen LogP contribution < -0.4 is 10.6 Å². The number of nitrogens with one attached hydrogen (secondary N) is 2. The summed E-state index contributed by atoms with van der Waals surface area (Å²) in [4.78, 5) is 0. The van der Waals surface area contributed by atoms with E-state index in [9.17, 15) is 4.39 Å². The van der Waals surface area contributed by atoms with Gasteiger partial charge in [0.25, 0.3) is 0 Å². The van der Waals surface area contributed by atoms with Gasteiger partial charge in [0.2, 0.25) is 0 Å². The lowest BCUT2D eigenvalue weighted by molar-refractivity contribution is 0.601. The minimum atomic E-state index is -0.390. The number of halogens is 1. The Balaban J connectivity index is 2.48. The van der Waals surface area contributed by atoms with Crippen molar-refractivity contribution in [3.05, 3.63) is 29.6 Å². The van der Waals surface area contributed by atoms with E-state index in [0.717, 1.165) is 6.54 Å². The molecule has 0 fully saturated rings. The van der Waals surface area contributed by atoms with Gasteiger partial charge in [-0.3, -0.25) is 0 Å². The molecule has 0 saturated heterocycles. The van der Waals surface area contributed by atoms with Crippen LogP contribution in [0.2, 0.25) is 0 Å². The minimum absolute atomic E-state index is 0.333. The largest absolute Gasteiger partial charge is 0.384 e. The number of rotatable bonds is 5. The normalized spacial score (nSPS) is 10.2. The Morgan fingerprint density at radius 3 is 2.69 bits per heavy atom. The van der Waals surface area contributed by atoms with Crippen LogP contribution in [0.25, 0.3) is 0 Å². The Hall–Kier alpha value is -1.60. The smallest absolute Gasteiger partial charge is 0.126 e. The molecular weight excluding hydrogens is 205 g/mol. The van der Waals surface area contributed by atoms with Gasteiger partial charge in [0.15, 0.2) is 0 Å². The molecule has 0 saturated carbocycles. The van der Waals surface area contributed by atoms with Crippen molar-refractivity contribution in [3.8, 4) is 6.07 Å². The third kappa shape index (κ3) is 4.28. The molecule has 4 heteroatoms. The summed E-state index contributed by atoms with van der Waals surface area (Å²) in [5, 5.41) is 15.0. The van der Waals surface area contributed by atoms with Crippen LogP contribution in [0.15, 0.2) is 18.2 Å². The highest BCUT2D eigenvalue weighted by Gasteiger charge is 1.99. The molecule has 0 spiro atoms.